The second-order valence-electron chi connectivity index (χ2n) is 4.43. The van der Waals surface area contributed by atoms with Gasteiger partial charge in [-0.15, -0.1) is 0 Å². The second kappa shape index (κ2) is 6.77. The first-order chi connectivity index (χ1) is 8.85. The Labute approximate surface area is 111 Å². The van der Waals surface area contributed by atoms with Gasteiger partial charge in [0.2, 0.25) is 0 Å². The van der Waals surface area contributed by atoms with Crippen molar-refractivity contribution in [3.63, 3.8) is 0 Å². The highest BCUT2D eigenvalue weighted by Gasteiger charge is 2.30. The third kappa shape index (κ3) is 5.48. The highest BCUT2D eigenvalue weighted by atomic mass is 19.4. The lowest BCUT2D eigenvalue weighted by molar-refractivity contribution is -0.146. The van der Waals surface area contributed by atoms with E-state index in [1.54, 1.807) is 6.07 Å². The van der Waals surface area contributed by atoms with Gasteiger partial charge in [0.15, 0.2) is 0 Å². The van der Waals surface area contributed by atoms with Gasteiger partial charge >= 0.3 is 6.18 Å². The summed E-state index contributed by atoms with van der Waals surface area (Å²) in [5.74, 6) is 0.592. The molecule has 2 N–H and O–H groups in total. The summed E-state index contributed by atoms with van der Waals surface area (Å²) in [5, 5.41) is 0. The molecule has 0 radical (unpaired) electrons. The van der Waals surface area contributed by atoms with E-state index in [0.717, 1.165) is 11.1 Å². The van der Waals surface area contributed by atoms with Gasteiger partial charge in [-0.1, -0.05) is 17.7 Å². The standard InChI is InChI=1S/C13H19F3N2O/c1-10-3-4-12(19-2)11(7-10)8-18(6-5-17)9-13(14,15)16/h3-4,7H,5-6,8-9,17H2,1-2H3. The summed E-state index contributed by atoms with van der Waals surface area (Å²) >= 11 is 0. The van der Waals surface area contributed by atoms with Gasteiger partial charge in [0.25, 0.3) is 0 Å². The normalized spacial score (nSPS) is 11.9. The second-order valence-corrected chi connectivity index (χ2v) is 4.43. The summed E-state index contributed by atoms with van der Waals surface area (Å²) < 4.78 is 42.6. The molecule has 0 saturated carbocycles. The number of nitrogens with zero attached hydrogens (tertiary/aromatic N) is 1. The molecule has 0 unspecified atom stereocenters. The summed E-state index contributed by atoms with van der Waals surface area (Å²) in [6.45, 7) is 1.46. The van der Waals surface area contributed by atoms with Gasteiger partial charge in [0.1, 0.15) is 5.75 Å². The van der Waals surface area contributed by atoms with Crippen LogP contribution in [0.1, 0.15) is 11.1 Å². The molecule has 1 aromatic rings. The molecule has 1 aromatic carbocycles. The average Bonchev–Trinajstić information content (AvgIpc) is 2.27. The third-order valence-corrected chi connectivity index (χ3v) is 2.68. The number of aryl methyl sites for hydroxylation is 1. The predicted molar refractivity (Wildman–Crippen MR) is 68.1 cm³/mol. The van der Waals surface area contributed by atoms with Crippen LogP contribution in [-0.4, -0.2) is 37.8 Å². The Morgan fingerprint density at radius 3 is 2.53 bits per heavy atom. The zero-order chi connectivity index (χ0) is 14.5. The Hall–Kier alpha value is -1.27. The molecule has 0 spiro atoms. The Morgan fingerprint density at radius 2 is 2.00 bits per heavy atom. The van der Waals surface area contributed by atoms with E-state index in [1.165, 1.54) is 12.0 Å². The first-order valence-corrected chi connectivity index (χ1v) is 5.98. The number of methoxy groups -OCH3 is 1. The summed E-state index contributed by atoms with van der Waals surface area (Å²) in [6, 6.07) is 5.46. The SMILES string of the molecule is COc1ccc(C)cc1CN(CCN)CC(F)(F)F. The van der Waals surface area contributed by atoms with Gasteiger partial charge < -0.3 is 10.5 Å². The number of rotatable bonds is 6. The van der Waals surface area contributed by atoms with Crippen LogP contribution in [0.4, 0.5) is 13.2 Å². The van der Waals surface area contributed by atoms with Crippen LogP contribution in [0.2, 0.25) is 0 Å². The lowest BCUT2D eigenvalue weighted by atomic mass is 10.1. The van der Waals surface area contributed by atoms with E-state index in [0.29, 0.717) is 5.75 Å². The van der Waals surface area contributed by atoms with E-state index in [-0.39, 0.29) is 19.6 Å². The molecule has 0 aliphatic rings. The fourth-order valence-corrected chi connectivity index (χ4v) is 1.92. The number of alkyl halides is 3. The zero-order valence-corrected chi connectivity index (χ0v) is 11.1. The molecule has 0 aliphatic carbocycles. The summed E-state index contributed by atoms with van der Waals surface area (Å²) in [4.78, 5) is 1.28. The average molecular weight is 276 g/mol. The van der Waals surface area contributed by atoms with Gasteiger partial charge in [-0.25, -0.2) is 0 Å². The van der Waals surface area contributed by atoms with Gasteiger partial charge in [0, 0.05) is 25.2 Å². The number of halogens is 3. The fraction of sp³-hybridized carbons (Fsp3) is 0.538. The Morgan fingerprint density at radius 1 is 1.32 bits per heavy atom. The van der Waals surface area contributed by atoms with Crippen LogP contribution in [0.25, 0.3) is 0 Å². The molecule has 0 bridgehead atoms. The minimum atomic E-state index is -4.23. The number of benzene rings is 1. The molecule has 0 fully saturated rings. The quantitative estimate of drug-likeness (QED) is 0.866. The van der Waals surface area contributed by atoms with Crippen LogP contribution in [0.3, 0.4) is 0 Å². The number of hydrogen-bond donors (Lipinski definition) is 1. The number of nitrogens with two attached hydrogens (primary N) is 1. The lowest BCUT2D eigenvalue weighted by Gasteiger charge is -2.24. The van der Waals surface area contributed by atoms with Crippen molar-refractivity contribution in [3.05, 3.63) is 29.3 Å². The van der Waals surface area contributed by atoms with Crippen molar-refractivity contribution < 1.29 is 17.9 Å². The van der Waals surface area contributed by atoms with Gasteiger partial charge in [-0.05, 0) is 13.0 Å². The molecule has 0 saturated heterocycles. The number of ether oxygens (including phenoxy) is 1. The maximum absolute atomic E-state index is 12.5. The van der Waals surface area contributed by atoms with Crippen molar-refractivity contribution in [2.75, 3.05) is 26.7 Å². The van der Waals surface area contributed by atoms with Crippen molar-refractivity contribution >= 4 is 0 Å². The van der Waals surface area contributed by atoms with E-state index in [1.807, 2.05) is 19.1 Å². The maximum Gasteiger partial charge on any atom is 0.401 e. The summed E-state index contributed by atoms with van der Waals surface area (Å²) in [6.07, 6.45) is -4.23. The van der Waals surface area contributed by atoms with E-state index in [9.17, 15) is 13.2 Å². The minimum Gasteiger partial charge on any atom is -0.496 e. The van der Waals surface area contributed by atoms with Crippen LogP contribution in [-0.2, 0) is 6.54 Å². The van der Waals surface area contributed by atoms with Crippen molar-refractivity contribution in [3.8, 4) is 5.75 Å². The molecular formula is C13H19F3N2O. The Bertz CT molecular complexity index is 407. The molecule has 1 rings (SSSR count). The maximum atomic E-state index is 12.5. The molecule has 3 nitrogen and oxygen atoms in total. The first-order valence-electron chi connectivity index (χ1n) is 5.98. The van der Waals surface area contributed by atoms with E-state index in [4.69, 9.17) is 10.5 Å². The highest BCUT2D eigenvalue weighted by Crippen LogP contribution is 2.23. The van der Waals surface area contributed by atoms with Crippen LogP contribution in [0, 0.1) is 6.92 Å². The molecule has 6 heteroatoms. The fourth-order valence-electron chi connectivity index (χ4n) is 1.92. The van der Waals surface area contributed by atoms with Crippen molar-refractivity contribution in [2.24, 2.45) is 5.73 Å². The molecule has 19 heavy (non-hydrogen) atoms. The third-order valence-electron chi connectivity index (χ3n) is 2.68. The van der Waals surface area contributed by atoms with Crippen LogP contribution >= 0.6 is 0 Å². The van der Waals surface area contributed by atoms with Gasteiger partial charge in [0.05, 0.1) is 13.7 Å². The van der Waals surface area contributed by atoms with Crippen LogP contribution < -0.4 is 10.5 Å². The van der Waals surface area contributed by atoms with Crippen molar-refractivity contribution in [1.82, 2.24) is 4.90 Å². The zero-order valence-electron chi connectivity index (χ0n) is 11.1. The highest BCUT2D eigenvalue weighted by molar-refractivity contribution is 5.36. The first kappa shape index (κ1) is 15.8. The van der Waals surface area contributed by atoms with Gasteiger partial charge in [-0.3, -0.25) is 4.90 Å². The van der Waals surface area contributed by atoms with Crippen LogP contribution in [0.15, 0.2) is 18.2 Å². The van der Waals surface area contributed by atoms with Crippen molar-refractivity contribution in [2.45, 2.75) is 19.6 Å². The Balaban J connectivity index is 2.86. The Kier molecular flexibility index (Phi) is 5.62. The largest absolute Gasteiger partial charge is 0.496 e. The van der Waals surface area contributed by atoms with Gasteiger partial charge in [-0.2, -0.15) is 13.2 Å². The molecule has 0 heterocycles. The lowest BCUT2D eigenvalue weighted by Crippen LogP contribution is -2.37. The number of hydrogen-bond acceptors (Lipinski definition) is 3. The monoisotopic (exact) mass is 276 g/mol. The molecule has 0 atom stereocenters. The van der Waals surface area contributed by atoms with E-state index >= 15 is 0 Å². The molecular weight excluding hydrogens is 257 g/mol. The molecule has 0 aliphatic heterocycles. The summed E-state index contributed by atoms with van der Waals surface area (Å²) in [5.41, 5.74) is 7.08. The smallest absolute Gasteiger partial charge is 0.401 e. The molecule has 0 amide bonds. The predicted octanol–water partition coefficient (Wildman–Crippen LogP) is 2.33. The minimum absolute atomic E-state index is 0.168. The molecule has 108 valence electrons. The molecule has 0 aromatic heterocycles. The van der Waals surface area contributed by atoms with Crippen molar-refractivity contribution in [1.29, 1.82) is 0 Å². The summed E-state index contributed by atoms with van der Waals surface area (Å²) in [7, 11) is 1.51. The van der Waals surface area contributed by atoms with E-state index < -0.39 is 12.7 Å². The topological polar surface area (TPSA) is 38.5 Å². The van der Waals surface area contributed by atoms with Crippen LogP contribution in [0.5, 0.6) is 5.75 Å². The van der Waals surface area contributed by atoms with E-state index in [2.05, 4.69) is 0 Å².